The first-order valence-electron chi connectivity index (χ1n) is 6.01. The van der Waals surface area contributed by atoms with Crippen LogP contribution in [0.15, 0.2) is 23.8 Å². The summed E-state index contributed by atoms with van der Waals surface area (Å²) in [5, 5.41) is 0. The molecule has 0 bridgehead atoms. The maximum atomic E-state index is 13.1. The van der Waals surface area contributed by atoms with E-state index in [2.05, 4.69) is 0 Å². The molecule has 0 heterocycles. The van der Waals surface area contributed by atoms with Gasteiger partial charge >= 0.3 is 0 Å². The van der Waals surface area contributed by atoms with E-state index in [0.717, 1.165) is 18.2 Å². The number of carbonyl (C=O) groups excluding carboxylic acids is 2. The van der Waals surface area contributed by atoms with E-state index < -0.39 is 17.4 Å². The fourth-order valence-electron chi connectivity index (χ4n) is 1.68. The summed E-state index contributed by atoms with van der Waals surface area (Å²) in [5.41, 5.74) is 0.138. The lowest BCUT2D eigenvalue weighted by atomic mass is 9.97. The molecule has 0 unspecified atom stereocenters. The van der Waals surface area contributed by atoms with Crippen LogP contribution in [0, 0.1) is 17.6 Å². The maximum absolute atomic E-state index is 13.1. The average molecular weight is 266 g/mol. The molecule has 0 fully saturated rings. The summed E-state index contributed by atoms with van der Waals surface area (Å²) in [4.78, 5) is 23.4. The topological polar surface area (TPSA) is 34.1 Å². The van der Waals surface area contributed by atoms with Gasteiger partial charge in [-0.2, -0.15) is 0 Å². The number of carbonyl (C=O) groups is 2. The minimum atomic E-state index is -0.745. The molecule has 4 heteroatoms. The van der Waals surface area contributed by atoms with Crippen molar-refractivity contribution < 1.29 is 18.4 Å². The molecule has 1 aromatic carbocycles. The Kier molecular flexibility index (Phi) is 5.10. The summed E-state index contributed by atoms with van der Waals surface area (Å²) in [6, 6.07) is 2.89. The number of hydrogen-bond acceptors (Lipinski definition) is 2. The lowest BCUT2D eigenvalue weighted by Crippen LogP contribution is -2.12. The first-order valence-corrected chi connectivity index (χ1v) is 6.01. The molecule has 1 rings (SSSR count). The van der Waals surface area contributed by atoms with Crippen LogP contribution in [0.25, 0.3) is 6.08 Å². The van der Waals surface area contributed by atoms with Crippen LogP contribution >= 0.6 is 0 Å². The highest BCUT2D eigenvalue weighted by Gasteiger charge is 2.16. The van der Waals surface area contributed by atoms with Gasteiger partial charge in [0.25, 0.3) is 0 Å². The average Bonchev–Trinajstić information content (AvgIpc) is 2.22. The van der Waals surface area contributed by atoms with E-state index in [4.69, 9.17) is 0 Å². The summed E-state index contributed by atoms with van der Waals surface area (Å²) in [7, 11) is 0. The molecule has 0 atom stereocenters. The van der Waals surface area contributed by atoms with Crippen molar-refractivity contribution in [1.29, 1.82) is 0 Å². The number of hydrogen-bond donors (Lipinski definition) is 0. The van der Waals surface area contributed by atoms with Crippen molar-refractivity contribution in [3.8, 4) is 0 Å². The molecule has 2 nitrogen and oxygen atoms in total. The van der Waals surface area contributed by atoms with Gasteiger partial charge in [0.15, 0.2) is 11.6 Å². The monoisotopic (exact) mass is 266 g/mol. The lowest BCUT2D eigenvalue weighted by molar-refractivity contribution is -0.120. The molecule has 0 aromatic heterocycles. The van der Waals surface area contributed by atoms with E-state index in [1.54, 1.807) is 0 Å². The van der Waals surface area contributed by atoms with E-state index >= 15 is 0 Å². The van der Waals surface area contributed by atoms with Crippen LogP contribution in [-0.4, -0.2) is 11.6 Å². The molecule has 0 amide bonds. The quantitative estimate of drug-likeness (QED) is 0.464. The minimum Gasteiger partial charge on any atom is -0.294 e. The smallest absolute Gasteiger partial charge is 0.166 e. The summed E-state index contributed by atoms with van der Waals surface area (Å²) in [6.45, 7) is 4.98. The second-order valence-corrected chi connectivity index (χ2v) is 4.84. The molecule has 19 heavy (non-hydrogen) atoms. The molecule has 0 saturated heterocycles. The minimum absolute atomic E-state index is 0.0290. The van der Waals surface area contributed by atoms with Crippen LogP contribution in [0.1, 0.15) is 32.8 Å². The Bertz CT molecular complexity index is 511. The zero-order valence-corrected chi connectivity index (χ0v) is 11.2. The van der Waals surface area contributed by atoms with Crippen molar-refractivity contribution in [1.82, 2.24) is 0 Å². The summed E-state index contributed by atoms with van der Waals surface area (Å²) < 4.78 is 26.1. The predicted molar refractivity (Wildman–Crippen MR) is 69.5 cm³/mol. The predicted octanol–water partition coefficient (Wildman–Crippen LogP) is 3.55. The third kappa shape index (κ3) is 4.73. The SMILES string of the molecule is CC(=O)/C(=C\c1cc(F)cc(F)c1)C(=O)CC(C)C. The molecule has 0 aliphatic rings. The Morgan fingerprint density at radius 3 is 2.11 bits per heavy atom. The van der Waals surface area contributed by atoms with Gasteiger partial charge in [0.05, 0.1) is 5.57 Å². The Hall–Kier alpha value is -1.84. The zero-order chi connectivity index (χ0) is 14.6. The van der Waals surface area contributed by atoms with Gasteiger partial charge in [0.1, 0.15) is 11.6 Å². The second kappa shape index (κ2) is 6.36. The van der Waals surface area contributed by atoms with Gasteiger partial charge in [-0.25, -0.2) is 8.78 Å². The highest BCUT2D eigenvalue weighted by atomic mass is 19.1. The standard InChI is InChI=1S/C15H16F2O2/c1-9(2)4-15(19)14(10(3)18)7-11-5-12(16)8-13(17)6-11/h5-9H,4H2,1-3H3/b14-7+. The first-order chi connectivity index (χ1) is 8.79. The van der Waals surface area contributed by atoms with Gasteiger partial charge in [0, 0.05) is 12.5 Å². The molecule has 0 N–H and O–H groups in total. The maximum Gasteiger partial charge on any atom is 0.166 e. The van der Waals surface area contributed by atoms with Crippen molar-refractivity contribution in [3.63, 3.8) is 0 Å². The summed E-state index contributed by atoms with van der Waals surface area (Å²) in [6.07, 6.45) is 1.46. The third-order valence-electron chi connectivity index (χ3n) is 2.47. The molecule has 0 spiro atoms. The lowest BCUT2D eigenvalue weighted by Gasteiger charge is -2.06. The largest absolute Gasteiger partial charge is 0.294 e. The Morgan fingerprint density at radius 2 is 1.68 bits per heavy atom. The normalized spacial score (nSPS) is 11.8. The van der Waals surface area contributed by atoms with Crippen molar-refractivity contribution >= 4 is 17.6 Å². The number of ketones is 2. The number of rotatable bonds is 5. The molecule has 1 aromatic rings. The Labute approximate surface area is 111 Å². The summed E-state index contributed by atoms with van der Waals surface area (Å²) in [5.74, 6) is -2.10. The van der Waals surface area contributed by atoms with E-state index in [0.29, 0.717) is 0 Å². The molecule has 0 saturated carbocycles. The fraction of sp³-hybridized carbons (Fsp3) is 0.333. The van der Waals surface area contributed by atoms with Crippen LogP contribution in [0.3, 0.4) is 0 Å². The van der Waals surface area contributed by atoms with Gasteiger partial charge in [-0.3, -0.25) is 9.59 Å². The molecule has 0 aliphatic heterocycles. The Balaban J connectivity index is 3.14. The molecule has 0 radical (unpaired) electrons. The number of Topliss-reactive ketones (excluding diaryl/α,β-unsaturated/α-hetero) is 2. The molecule has 0 aliphatic carbocycles. The van der Waals surface area contributed by atoms with Gasteiger partial charge in [-0.15, -0.1) is 0 Å². The highest BCUT2D eigenvalue weighted by Crippen LogP contribution is 2.15. The van der Waals surface area contributed by atoms with Gasteiger partial charge in [-0.1, -0.05) is 13.8 Å². The van der Waals surface area contributed by atoms with Crippen LogP contribution in [0.5, 0.6) is 0 Å². The third-order valence-corrected chi connectivity index (χ3v) is 2.47. The highest BCUT2D eigenvalue weighted by molar-refractivity contribution is 6.22. The summed E-state index contributed by atoms with van der Waals surface area (Å²) >= 11 is 0. The zero-order valence-electron chi connectivity index (χ0n) is 11.2. The van der Waals surface area contributed by atoms with Crippen molar-refractivity contribution in [3.05, 3.63) is 41.0 Å². The van der Waals surface area contributed by atoms with E-state index in [9.17, 15) is 18.4 Å². The van der Waals surface area contributed by atoms with Gasteiger partial charge in [0.2, 0.25) is 0 Å². The van der Waals surface area contributed by atoms with Gasteiger partial charge < -0.3 is 0 Å². The van der Waals surface area contributed by atoms with E-state index in [-0.39, 0.29) is 29.3 Å². The van der Waals surface area contributed by atoms with Crippen LogP contribution in [-0.2, 0) is 9.59 Å². The van der Waals surface area contributed by atoms with Crippen LogP contribution in [0.2, 0.25) is 0 Å². The van der Waals surface area contributed by atoms with Crippen LogP contribution < -0.4 is 0 Å². The molecule has 102 valence electrons. The van der Waals surface area contributed by atoms with Gasteiger partial charge in [-0.05, 0) is 36.6 Å². The van der Waals surface area contributed by atoms with Crippen molar-refractivity contribution in [2.75, 3.05) is 0 Å². The van der Waals surface area contributed by atoms with Crippen molar-refractivity contribution in [2.45, 2.75) is 27.2 Å². The number of benzene rings is 1. The number of allylic oxidation sites excluding steroid dienone is 1. The van der Waals surface area contributed by atoms with E-state index in [1.165, 1.54) is 13.0 Å². The number of halogens is 2. The van der Waals surface area contributed by atoms with E-state index in [1.807, 2.05) is 13.8 Å². The Morgan fingerprint density at radius 1 is 1.16 bits per heavy atom. The fourth-order valence-corrected chi connectivity index (χ4v) is 1.68. The van der Waals surface area contributed by atoms with Crippen molar-refractivity contribution in [2.24, 2.45) is 5.92 Å². The van der Waals surface area contributed by atoms with Crippen LogP contribution in [0.4, 0.5) is 8.78 Å². The molecular weight excluding hydrogens is 250 g/mol. The second-order valence-electron chi connectivity index (χ2n) is 4.84. The molecular formula is C15H16F2O2. The first kappa shape index (κ1) is 15.2.